The van der Waals surface area contributed by atoms with E-state index < -0.39 is 15.4 Å². The Kier molecular flexibility index (Phi) is 7.90. The molecule has 0 fully saturated rings. The number of ether oxygens (including phenoxy) is 1. The zero-order valence-corrected chi connectivity index (χ0v) is 14.7. The summed E-state index contributed by atoms with van der Waals surface area (Å²) in [5.74, 6) is 0.748. The van der Waals surface area contributed by atoms with Gasteiger partial charge in [0.15, 0.2) is 0 Å². The highest BCUT2D eigenvalue weighted by atomic mass is 32.2. The highest BCUT2D eigenvalue weighted by molar-refractivity contribution is 7.86. The second-order valence-corrected chi connectivity index (χ2v) is 7.57. The fourth-order valence-corrected chi connectivity index (χ4v) is 2.52. The Morgan fingerprint density at radius 1 is 1.14 bits per heavy atom. The number of unbranched alkanes of at least 4 members (excludes halogenated alkanes) is 2. The Bertz CT molecular complexity index is 552. The molecule has 1 aromatic carbocycles. The Balaban J connectivity index is 2.91. The van der Waals surface area contributed by atoms with Crippen molar-refractivity contribution >= 4 is 10.1 Å². The summed E-state index contributed by atoms with van der Waals surface area (Å²) in [4.78, 5) is 0. The third-order valence-electron chi connectivity index (χ3n) is 3.79. The van der Waals surface area contributed by atoms with Crippen LogP contribution in [-0.2, 0) is 23.0 Å². The molecule has 1 aromatic rings. The van der Waals surface area contributed by atoms with Crippen LogP contribution < -0.4 is 4.74 Å². The smallest absolute Gasteiger partial charge is 0.270 e. The molecule has 0 saturated carbocycles. The van der Waals surface area contributed by atoms with Crippen molar-refractivity contribution in [1.82, 2.24) is 0 Å². The average molecular weight is 328 g/mol. The Hall–Kier alpha value is -1.07. The Morgan fingerprint density at radius 2 is 1.77 bits per heavy atom. The molecule has 0 aromatic heterocycles. The lowest BCUT2D eigenvalue weighted by Gasteiger charge is -2.17. The summed E-state index contributed by atoms with van der Waals surface area (Å²) < 4.78 is 36.9. The molecule has 0 amide bonds. The van der Waals surface area contributed by atoms with Crippen LogP contribution in [0, 0.1) is 0 Å². The number of hydrogen-bond acceptors (Lipinski definition) is 3. The lowest BCUT2D eigenvalue weighted by Crippen LogP contribution is -2.24. The van der Waals surface area contributed by atoms with Gasteiger partial charge in [-0.05, 0) is 49.8 Å². The van der Waals surface area contributed by atoms with Crippen molar-refractivity contribution in [1.29, 1.82) is 0 Å². The van der Waals surface area contributed by atoms with Crippen molar-refractivity contribution in [2.24, 2.45) is 0 Å². The zero-order chi connectivity index (χ0) is 16.6. The Morgan fingerprint density at radius 3 is 2.36 bits per heavy atom. The van der Waals surface area contributed by atoms with Gasteiger partial charge in [0.1, 0.15) is 17.6 Å². The number of hydrogen-bond donors (Lipinski definition) is 1. The molecule has 22 heavy (non-hydrogen) atoms. The van der Waals surface area contributed by atoms with E-state index in [1.54, 1.807) is 0 Å². The molecular weight excluding hydrogens is 300 g/mol. The van der Waals surface area contributed by atoms with Crippen LogP contribution in [0.5, 0.6) is 5.75 Å². The van der Waals surface area contributed by atoms with Crippen molar-refractivity contribution in [3.63, 3.8) is 0 Å². The maximum Gasteiger partial charge on any atom is 0.270 e. The molecular formula is C17H28O4S. The topological polar surface area (TPSA) is 63.6 Å². The predicted octanol–water partition coefficient (Wildman–Crippen LogP) is 4.03. The van der Waals surface area contributed by atoms with E-state index in [0.717, 1.165) is 44.3 Å². The van der Waals surface area contributed by atoms with Gasteiger partial charge in [0.25, 0.3) is 10.1 Å². The highest BCUT2D eigenvalue weighted by Gasteiger charge is 2.19. The molecule has 1 rings (SSSR count). The first-order valence-electron chi connectivity index (χ1n) is 8.10. The number of aryl methyl sites for hydroxylation is 1. The number of benzene rings is 1. The maximum absolute atomic E-state index is 11.1. The van der Waals surface area contributed by atoms with Crippen LogP contribution in [-0.4, -0.2) is 24.8 Å². The van der Waals surface area contributed by atoms with Gasteiger partial charge >= 0.3 is 0 Å². The second kappa shape index (κ2) is 9.16. The van der Waals surface area contributed by atoms with Crippen molar-refractivity contribution in [3.8, 4) is 5.75 Å². The van der Waals surface area contributed by atoms with Gasteiger partial charge in [0.2, 0.25) is 0 Å². The first-order valence-corrected chi connectivity index (χ1v) is 9.60. The van der Waals surface area contributed by atoms with E-state index in [4.69, 9.17) is 9.29 Å². The zero-order valence-electron chi connectivity index (χ0n) is 13.8. The van der Waals surface area contributed by atoms with E-state index in [1.807, 2.05) is 12.1 Å². The van der Waals surface area contributed by atoms with Crippen molar-refractivity contribution in [2.75, 3.05) is 6.61 Å². The summed E-state index contributed by atoms with van der Waals surface area (Å²) in [6.45, 7) is 5.73. The molecule has 0 aliphatic rings. The highest BCUT2D eigenvalue weighted by Crippen LogP contribution is 2.26. The minimum Gasteiger partial charge on any atom is -0.492 e. The standard InChI is InChI=1S/C17H28O4S/c1-4-6-9-15-10-8-12-17(16(15)11-7-5-2)21-13-14(3)22(18,19)20/h8,10,12,14H,4-7,9,11,13H2,1-3H3,(H,18,19,20). The summed E-state index contributed by atoms with van der Waals surface area (Å²) in [7, 11) is -4.05. The van der Waals surface area contributed by atoms with Crippen LogP contribution in [0.4, 0.5) is 0 Å². The van der Waals surface area contributed by atoms with Crippen molar-refractivity contribution in [3.05, 3.63) is 29.3 Å². The van der Waals surface area contributed by atoms with Crippen LogP contribution >= 0.6 is 0 Å². The van der Waals surface area contributed by atoms with Gasteiger partial charge < -0.3 is 4.74 Å². The van der Waals surface area contributed by atoms with Crippen LogP contribution in [0.3, 0.4) is 0 Å². The summed E-state index contributed by atoms with van der Waals surface area (Å²) in [6.07, 6.45) is 6.39. The average Bonchev–Trinajstić information content (AvgIpc) is 2.48. The maximum atomic E-state index is 11.1. The quantitative estimate of drug-likeness (QED) is 0.659. The molecule has 5 heteroatoms. The molecule has 4 nitrogen and oxygen atoms in total. The predicted molar refractivity (Wildman–Crippen MR) is 90.2 cm³/mol. The largest absolute Gasteiger partial charge is 0.492 e. The summed E-state index contributed by atoms with van der Waals surface area (Å²) in [5, 5.41) is -0.925. The van der Waals surface area contributed by atoms with E-state index >= 15 is 0 Å². The molecule has 1 N–H and O–H groups in total. The molecule has 1 atom stereocenters. The third-order valence-corrected chi connectivity index (χ3v) is 4.95. The van der Waals surface area contributed by atoms with E-state index in [9.17, 15) is 8.42 Å². The van der Waals surface area contributed by atoms with Gasteiger partial charge in [-0.25, -0.2) is 0 Å². The minimum absolute atomic E-state index is 0.0326. The first-order chi connectivity index (χ1) is 10.4. The summed E-state index contributed by atoms with van der Waals surface area (Å²) >= 11 is 0. The molecule has 0 aliphatic heterocycles. The molecule has 0 aliphatic carbocycles. The normalized spacial score (nSPS) is 13.1. The molecule has 0 radical (unpaired) electrons. The molecule has 0 saturated heterocycles. The van der Waals surface area contributed by atoms with Crippen LogP contribution in [0.25, 0.3) is 0 Å². The van der Waals surface area contributed by atoms with Gasteiger partial charge in [0, 0.05) is 0 Å². The molecule has 1 unspecified atom stereocenters. The Labute approximate surface area is 134 Å². The molecule has 0 heterocycles. The first kappa shape index (κ1) is 19.0. The third kappa shape index (κ3) is 5.97. The van der Waals surface area contributed by atoms with Gasteiger partial charge in [-0.1, -0.05) is 38.8 Å². The summed E-state index contributed by atoms with van der Waals surface area (Å²) in [6, 6.07) is 5.96. The fraction of sp³-hybridized carbons (Fsp3) is 0.647. The van der Waals surface area contributed by atoms with Crippen LogP contribution in [0.1, 0.15) is 57.6 Å². The van der Waals surface area contributed by atoms with E-state index in [-0.39, 0.29) is 6.61 Å². The van der Waals surface area contributed by atoms with Gasteiger partial charge in [-0.15, -0.1) is 0 Å². The lowest BCUT2D eigenvalue weighted by molar-refractivity contribution is 0.307. The van der Waals surface area contributed by atoms with Gasteiger partial charge in [0.05, 0.1) is 0 Å². The molecule has 0 spiro atoms. The van der Waals surface area contributed by atoms with E-state index in [0.29, 0.717) is 0 Å². The van der Waals surface area contributed by atoms with E-state index in [1.165, 1.54) is 18.1 Å². The lowest BCUT2D eigenvalue weighted by atomic mass is 9.97. The minimum atomic E-state index is -4.05. The van der Waals surface area contributed by atoms with Crippen LogP contribution in [0.15, 0.2) is 18.2 Å². The SMILES string of the molecule is CCCCc1cccc(OCC(C)S(=O)(=O)O)c1CCCC. The second-order valence-electron chi connectivity index (χ2n) is 5.74. The van der Waals surface area contributed by atoms with Gasteiger partial charge in [-0.2, -0.15) is 8.42 Å². The molecule has 0 bridgehead atoms. The van der Waals surface area contributed by atoms with Crippen LogP contribution in [0.2, 0.25) is 0 Å². The molecule has 126 valence electrons. The summed E-state index contributed by atoms with van der Waals surface area (Å²) in [5.41, 5.74) is 2.47. The van der Waals surface area contributed by atoms with Gasteiger partial charge in [-0.3, -0.25) is 4.55 Å². The van der Waals surface area contributed by atoms with E-state index in [2.05, 4.69) is 19.9 Å². The number of rotatable bonds is 10. The van der Waals surface area contributed by atoms with Crippen molar-refractivity contribution < 1.29 is 17.7 Å². The monoisotopic (exact) mass is 328 g/mol. The van der Waals surface area contributed by atoms with Crippen molar-refractivity contribution in [2.45, 2.75) is 64.5 Å². The fourth-order valence-electron chi connectivity index (χ4n) is 2.28.